The van der Waals surface area contributed by atoms with Crippen molar-refractivity contribution < 1.29 is 10.2 Å². The Kier molecular flexibility index (Phi) is 4.02. The van der Waals surface area contributed by atoms with Gasteiger partial charge in [0.1, 0.15) is 11.4 Å². The third-order valence-corrected chi connectivity index (χ3v) is 4.77. The smallest absolute Gasteiger partial charge is 0.134 e. The van der Waals surface area contributed by atoms with Crippen molar-refractivity contribution >= 4 is 15.9 Å². The number of hydrogen-bond acceptors (Lipinski definition) is 3. The highest BCUT2D eigenvalue weighted by Gasteiger charge is 2.35. The molecule has 2 aromatic carbocycles. The number of fused-ring (bicyclic) bond motifs is 1. The summed E-state index contributed by atoms with van der Waals surface area (Å²) in [6, 6.07) is 13.6. The topological polar surface area (TPSA) is 52.5 Å². The molecule has 0 fully saturated rings. The van der Waals surface area contributed by atoms with E-state index in [1.807, 2.05) is 30.3 Å². The lowest BCUT2D eigenvalue weighted by atomic mass is 9.96. The Morgan fingerprint density at radius 2 is 1.95 bits per heavy atom. The van der Waals surface area contributed by atoms with Crippen LogP contribution in [-0.4, -0.2) is 16.8 Å². The van der Waals surface area contributed by atoms with E-state index in [0.29, 0.717) is 17.6 Å². The molecule has 3 rings (SSSR count). The predicted molar refractivity (Wildman–Crippen MR) is 86.2 cm³/mol. The number of aliphatic hydroxyl groups is 1. The van der Waals surface area contributed by atoms with Crippen LogP contribution in [0.5, 0.6) is 5.75 Å². The van der Waals surface area contributed by atoms with Crippen LogP contribution in [0.25, 0.3) is 0 Å². The molecule has 4 heteroatoms. The van der Waals surface area contributed by atoms with E-state index in [-0.39, 0.29) is 5.75 Å². The highest BCUT2D eigenvalue weighted by atomic mass is 79.9. The molecular weight excluding hydrogens is 330 g/mol. The number of hydrogen-bond donors (Lipinski definition) is 3. The summed E-state index contributed by atoms with van der Waals surface area (Å²) in [5.41, 5.74) is 2.26. The molecule has 0 saturated heterocycles. The number of phenols is 1. The summed E-state index contributed by atoms with van der Waals surface area (Å²) in [4.78, 5) is 0. The molecule has 0 saturated carbocycles. The van der Waals surface area contributed by atoms with Crippen molar-refractivity contribution in [1.82, 2.24) is 5.32 Å². The minimum atomic E-state index is -0.807. The third kappa shape index (κ3) is 2.84. The molecule has 0 aromatic heterocycles. The van der Waals surface area contributed by atoms with Crippen molar-refractivity contribution in [1.29, 1.82) is 0 Å². The first kappa shape index (κ1) is 14.6. The second-order valence-corrected chi connectivity index (χ2v) is 6.39. The largest absolute Gasteiger partial charge is 0.506 e. The van der Waals surface area contributed by atoms with Gasteiger partial charge in [-0.05, 0) is 46.0 Å². The summed E-state index contributed by atoms with van der Waals surface area (Å²) in [6.07, 6.45) is 1.65. The first-order valence-corrected chi connectivity index (χ1v) is 7.87. The van der Waals surface area contributed by atoms with E-state index in [2.05, 4.69) is 27.3 Å². The zero-order chi connectivity index (χ0) is 14.9. The zero-order valence-corrected chi connectivity index (χ0v) is 13.2. The van der Waals surface area contributed by atoms with Crippen molar-refractivity contribution in [2.75, 3.05) is 6.54 Å². The van der Waals surface area contributed by atoms with E-state index >= 15 is 0 Å². The minimum Gasteiger partial charge on any atom is -0.506 e. The summed E-state index contributed by atoms with van der Waals surface area (Å²) in [5, 5.41) is 24.0. The minimum absolute atomic E-state index is 0.254. The maximum Gasteiger partial charge on any atom is 0.134 e. The quantitative estimate of drug-likeness (QED) is 0.796. The van der Waals surface area contributed by atoms with Crippen LogP contribution in [0.15, 0.2) is 46.9 Å². The average Bonchev–Trinajstić information content (AvgIpc) is 2.82. The van der Waals surface area contributed by atoms with Crippen molar-refractivity contribution in [3.63, 3.8) is 0 Å². The number of nitrogens with one attached hydrogen (secondary N) is 1. The maximum atomic E-state index is 10.8. The van der Waals surface area contributed by atoms with Gasteiger partial charge >= 0.3 is 0 Å². The molecule has 1 atom stereocenters. The number of benzene rings is 2. The summed E-state index contributed by atoms with van der Waals surface area (Å²) in [6.45, 7) is 1.01. The molecule has 110 valence electrons. The van der Waals surface area contributed by atoms with Crippen LogP contribution in [-0.2, 0) is 18.6 Å². The van der Waals surface area contributed by atoms with Gasteiger partial charge in [-0.15, -0.1) is 0 Å². The van der Waals surface area contributed by atoms with Crippen molar-refractivity contribution in [3.8, 4) is 5.75 Å². The Bertz CT molecular complexity index is 659. The average molecular weight is 348 g/mol. The number of para-hydroxylation sites is 1. The fourth-order valence-electron chi connectivity index (χ4n) is 2.96. The lowest BCUT2D eigenvalue weighted by molar-refractivity contribution is 0.0384. The van der Waals surface area contributed by atoms with Crippen LogP contribution < -0.4 is 5.32 Å². The standard InChI is InChI=1S/C17H18BrNO2/c18-15-7-3-5-13(16(15)20)10-19-11-17(21)9-8-12-4-1-2-6-14(12)17/h1-7,19-21H,8-11H2. The lowest BCUT2D eigenvalue weighted by Crippen LogP contribution is -2.36. The molecule has 3 N–H and O–H groups in total. The third-order valence-electron chi connectivity index (χ3n) is 4.13. The van der Waals surface area contributed by atoms with Crippen molar-refractivity contribution in [3.05, 3.63) is 63.6 Å². The van der Waals surface area contributed by atoms with Crippen molar-refractivity contribution in [2.24, 2.45) is 0 Å². The van der Waals surface area contributed by atoms with E-state index in [4.69, 9.17) is 0 Å². The molecule has 0 radical (unpaired) electrons. The lowest BCUT2D eigenvalue weighted by Gasteiger charge is -2.24. The van der Waals surface area contributed by atoms with Crippen LogP contribution in [0, 0.1) is 0 Å². The van der Waals surface area contributed by atoms with Crippen LogP contribution in [0.1, 0.15) is 23.1 Å². The van der Waals surface area contributed by atoms with E-state index in [1.54, 1.807) is 6.07 Å². The molecule has 0 amide bonds. The van der Waals surface area contributed by atoms with E-state index in [9.17, 15) is 10.2 Å². The molecule has 0 heterocycles. The van der Waals surface area contributed by atoms with Crippen LogP contribution >= 0.6 is 15.9 Å². The maximum absolute atomic E-state index is 10.8. The normalized spacial score (nSPS) is 20.5. The summed E-state index contributed by atoms with van der Waals surface area (Å²) in [7, 11) is 0. The number of aromatic hydroxyl groups is 1. The molecule has 1 aliphatic rings. The summed E-state index contributed by atoms with van der Waals surface area (Å²) in [5.74, 6) is 0.254. The van der Waals surface area contributed by atoms with Gasteiger partial charge in [-0.3, -0.25) is 0 Å². The molecular formula is C17H18BrNO2. The Hall–Kier alpha value is -1.36. The molecule has 1 unspecified atom stereocenters. The number of aryl methyl sites for hydroxylation is 1. The predicted octanol–water partition coefficient (Wildman–Crippen LogP) is 3.08. The van der Waals surface area contributed by atoms with Crippen molar-refractivity contribution in [2.45, 2.75) is 25.0 Å². The van der Waals surface area contributed by atoms with Gasteiger partial charge in [0.15, 0.2) is 0 Å². The van der Waals surface area contributed by atoms with Gasteiger partial charge in [0.2, 0.25) is 0 Å². The van der Waals surface area contributed by atoms with Crippen LogP contribution in [0.3, 0.4) is 0 Å². The SMILES string of the molecule is Oc1c(Br)cccc1CNCC1(O)CCc2ccccc21. The van der Waals surface area contributed by atoms with Gasteiger partial charge in [-0.1, -0.05) is 36.4 Å². The molecule has 3 nitrogen and oxygen atoms in total. The highest BCUT2D eigenvalue weighted by molar-refractivity contribution is 9.10. The Morgan fingerprint density at radius 3 is 2.81 bits per heavy atom. The fraction of sp³-hybridized carbons (Fsp3) is 0.294. The number of phenolic OH excluding ortho intramolecular Hbond substituents is 1. The molecule has 0 aliphatic heterocycles. The van der Waals surface area contributed by atoms with E-state index in [0.717, 1.165) is 24.0 Å². The van der Waals surface area contributed by atoms with Gasteiger partial charge in [0.25, 0.3) is 0 Å². The zero-order valence-electron chi connectivity index (χ0n) is 11.6. The Morgan fingerprint density at radius 1 is 1.14 bits per heavy atom. The molecule has 0 bridgehead atoms. The van der Waals surface area contributed by atoms with Gasteiger partial charge in [0.05, 0.1) is 4.47 Å². The number of halogens is 1. The van der Waals surface area contributed by atoms with Crippen LogP contribution in [0.2, 0.25) is 0 Å². The second-order valence-electron chi connectivity index (χ2n) is 5.54. The van der Waals surface area contributed by atoms with E-state index in [1.165, 1.54) is 5.56 Å². The number of rotatable bonds is 4. The van der Waals surface area contributed by atoms with Gasteiger partial charge in [-0.25, -0.2) is 0 Å². The van der Waals surface area contributed by atoms with Gasteiger partial charge < -0.3 is 15.5 Å². The Labute approximate surface area is 132 Å². The second kappa shape index (κ2) is 5.79. The first-order valence-electron chi connectivity index (χ1n) is 7.08. The van der Waals surface area contributed by atoms with Crippen LogP contribution in [0.4, 0.5) is 0 Å². The van der Waals surface area contributed by atoms with Gasteiger partial charge in [-0.2, -0.15) is 0 Å². The summed E-state index contributed by atoms with van der Waals surface area (Å²) >= 11 is 3.31. The fourth-order valence-corrected chi connectivity index (χ4v) is 3.37. The summed E-state index contributed by atoms with van der Waals surface area (Å²) < 4.78 is 0.687. The first-order chi connectivity index (χ1) is 10.1. The monoisotopic (exact) mass is 347 g/mol. The molecule has 21 heavy (non-hydrogen) atoms. The molecule has 2 aromatic rings. The Balaban J connectivity index is 1.67. The van der Waals surface area contributed by atoms with E-state index < -0.39 is 5.60 Å². The molecule has 0 spiro atoms. The molecule has 1 aliphatic carbocycles. The van der Waals surface area contributed by atoms with Gasteiger partial charge in [0, 0.05) is 18.7 Å². The highest BCUT2D eigenvalue weighted by Crippen LogP contribution is 2.36.